The minimum atomic E-state index is -3.00. The predicted octanol–water partition coefficient (Wildman–Crippen LogP) is 5.68. The van der Waals surface area contributed by atoms with Crippen LogP contribution < -0.4 is 5.32 Å². The van der Waals surface area contributed by atoms with E-state index >= 15 is 0 Å². The van der Waals surface area contributed by atoms with E-state index in [2.05, 4.69) is 12.2 Å². The van der Waals surface area contributed by atoms with Crippen LogP contribution in [0.1, 0.15) is 43.0 Å². The molecule has 1 N–H and O–H groups in total. The molecule has 0 amide bonds. The standard InChI is InChI=1S/C20H24F2NO2P/c1-2-3-8-13-25-19(24)17-11-6-7-12-18(17)23-16-10-5-4-9-15(14-16)20(21,22)26/h5-7,9-12,14,23H,2-4,8,13,26H2,1H3. The van der Waals surface area contributed by atoms with Crippen molar-refractivity contribution >= 4 is 20.9 Å². The number of nitrogens with one attached hydrogen (secondary N) is 1. The highest BCUT2D eigenvalue weighted by Crippen LogP contribution is 2.34. The van der Waals surface area contributed by atoms with E-state index in [-0.39, 0.29) is 5.57 Å². The molecule has 0 aliphatic heterocycles. The van der Waals surface area contributed by atoms with Crippen molar-refractivity contribution < 1.29 is 18.3 Å². The summed E-state index contributed by atoms with van der Waals surface area (Å²) in [6, 6.07) is 6.91. The van der Waals surface area contributed by atoms with Gasteiger partial charge in [-0.15, -0.1) is 0 Å². The Balaban J connectivity index is 2.15. The van der Waals surface area contributed by atoms with Gasteiger partial charge < -0.3 is 10.1 Å². The number of allylic oxidation sites excluding steroid dienone is 5. The fraction of sp³-hybridized carbons (Fsp3) is 0.350. The van der Waals surface area contributed by atoms with Gasteiger partial charge in [0, 0.05) is 11.3 Å². The average Bonchev–Trinajstić information content (AvgIpc) is 2.84. The summed E-state index contributed by atoms with van der Waals surface area (Å²) in [6.45, 7) is 2.45. The van der Waals surface area contributed by atoms with Crippen molar-refractivity contribution in [2.45, 2.75) is 38.3 Å². The quantitative estimate of drug-likeness (QED) is 0.359. The monoisotopic (exact) mass is 379 g/mol. The van der Waals surface area contributed by atoms with Crippen molar-refractivity contribution in [1.82, 2.24) is 0 Å². The maximum Gasteiger partial charge on any atom is 0.340 e. The van der Waals surface area contributed by atoms with Crippen molar-refractivity contribution in [3.8, 4) is 0 Å². The van der Waals surface area contributed by atoms with Crippen molar-refractivity contribution in [2.24, 2.45) is 0 Å². The minimum absolute atomic E-state index is 0.0883. The van der Waals surface area contributed by atoms with E-state index in [4.69, 9.17) is 4.74 Å². The Labute approximate surface area is 155 Å². The lowest BCUT2D eigenvalue weighted by atomic mass is 10.1. The van der Waals surface area contributed by atoms with Crippen LogP contribution in [0, 0.1) is 0 Å². The smallest absolute Gasteiger partial charge is 0.340 e. The number of ether oxygens (including phenoxy) is 1. The van der Waals surface area contributed by atoms with Crippen molar-refractivity contribution in [2.75, 3.05) is 11.9 Å². The molecule has 0 spiro atoms. The Bertz CT molecular complexity index is 721. The minimum Gasteiger partial charge on any atom is -0.462 e. The van der Waals surface area contributed by atoms with Crippen molar-refractivity contribution in [1.29, 1.82) is 0 Å². The number of hydrogen-bond donors (Lipinski definition) is 1. The van der Waals surface area contributed by atoms with Crippen LogP contribution in [0.5, 0.6) is 0 Å². The first-order valence-electron chi connectivity index (χ1n) is 8.70. The summed E-state index contributed by atoms with van der Waals surface area (Å²) in [6.07, 6.45) is 9.67. The summed E-state index contributed by atoms with van der Waals surface area (Å²) in [4.78, 5) is 12.3. The number of esters is 1. The van der Waals surface area contributed by atoms with Gasteiger partial charge in [0.2, 0.25) is 0 Å². The van der Waals surface area contributed by atoms with Gasteiger partial charge in [0.05, 0.1) is 17.9 Å². The predicted molar refractivity (Wildman–Crippen MR) is 104 cm³/mol. The third-order valence-electron chi connectivity index (χ3n) is 3.87. The molecule has 0 aromatic heterocycles. The number of alkyl halides is 2. The van der Waals surface area contributed by atoms with Crippen LogP contribution >= 0.6 is 9.24 Å². The second kappa shape index (κ2) is 9.63. The molecule has 1 unspecified atom stereocenters. The molecular weight excluding hydrogens is 355 g/mol. The van der Waals surface area contributed by atoms with Gasteiger partial charge in [0.15, 0.2) is 0 Å². The van der Waals surface area contributed by atoms with Gasteiger partial charge in [0.1, 0.15) is 0 Å². The third-order valence-corrected chi connectivity index (χ3v) is 4.21. The Morgan fingerprint density at radius 2 is 2.08 bits per heavy atom. The topological polar surface area (TPSA) is 38.3 Å². The Morgan fingerprint density at radius 1 is 1.31 bits per heavy atom. The molecule has 0 bridgehead atoms. The Hall–Kier alpha value is -2.00. The highest BCUT2D eigenvalue weighted by atomic mass is 31.0. The number of benzene rings is 1. The number of rotatable bonds is 8. The van der Waals surface area contributed by atoms with Crippen LogP contribution in [0.25, 0.3) is 0 Å². The van der Waals surface area contributed by atoms with E-state index in [0.717, 1.165) is 19.3 Å². The van der Waals surface area contributed by atoms with Crippen LogP contribution in [0.4, 0.5) is 14.5 Å². The normalized spacial score (nSPS) is 14.3. The molecule has 0 heterocycles. The molecule has 0 saturated carbocycles. The summed E-state index contributed by atoms with van der Waals surface area (Å²) in [5.41, 5.74) is -1.70. The van der Waals surface area contributed by atoms with Gasteiger partial charge in [-0.1, -0.05) is 53.3 Å². The van der Waals surface area contributed by atoms with Crippen molar-refractivity contribution in [3.05, 3.63) is 65.4 Å². The van der Waals surface area contributed by atoms with Gasteiger partial charge in [-0.3, -0.25) is 0 Å². The second-order valence-corrected chi connectivity index (χ2v) is 6.76. The van der Waals surface area contributed by atoms with E-state index in [0.29, 0.717) is 30.0 Å². The lowest BCUT2D eigenvalue weighted by Crippen LogP contribution is -2.11. The fourth-order valence-corrected chi connectivity index (χ4v) is 2.70. The lowest BCUT2D eigenvalue weighted by Gasteiger charge is -2.15. The summed E-state index contributed by atoms with van der Waals surface area (Å²) >= 11 is 0. The lowest BCUT2D eigenvalue weighted by molar-refractivity contribution is 0.0499. The largest absolute Gasteiger partial charge is 0.462 e. The van der Waals surface area contributed by atoms with E-state index in [1.165, 1.54) is 12.2 Å². The van der Waals surface area contributed by atoms with Crippen LogP contribution in [0.3, 0.4) is 0 Å². The summed E-state index contributed by atoms with van der Waals surface area (Å²) in [7, 11) is 1.55. The first-order chi connectivity index (χ1) is 12.4. The van der Waals surface area contributed by atoms with Gasteiger partial charge in [-0.25, -0.2) is 4.79 Å². The number of carbonyl (C=O) groups is 1. The molecule has 2 rings (SSSR count). The van der Waals surface area contributed by atoms with E-state index in [1.54, 1.807) is 45.7 Å². The number of halogens is 2. The molecular formula is C20H24F2NO2P. The molecule has 0 radical (unpaired) electrons. The van der Waals surface area contributed by atoms with Crippen molar-refractivity contribution in [3.63, 3.8) is 0 Å². The van der Waals surface area contributed by atoms with Gasteiger partial charge in [-0.05, 0) is 37.1 Å². The Morgan fingerprint density at radius 3 is 2.81 bits per heavy atom. The molecule has 1 aromatic carbocycles. The van der Waals surface area contributed by atoms with E-state index < -0.39 is 11.6 Å². The molecule has 0 saturated heterocycles. The van der Waals surface area contributed by atoms with Crippen LogP contribution in [0.2, 0.25) is 0 Å². The number of hydrogen-bond acceptors (Lipinski definition) is 3. The van der Waals surface area contributed by atoms with E-state index in [1.807, 2.05) is 0 Å². The first-order valence-corrected chi connectivity index (χ1v) is 9.28. The molecule has 1 atom stereocenters. The average molecular weight is 379 g/mol. The number of unbranched alkanes of at least 4 members (excludes halogenated alkanes) is 2. The summed E-state index contributed by atoms with van der Waals surface area (Å²) in [5, 5.41) is 3.06. The van der Waals surface area contributed by atoms with Crippen LogP contribution in [0.15, 0.2) is 59.8 Å². The summed E-state index contributed by atoms with van der Waals surface area (Å²) in [5.74, 6) is -0.422. The number of anilines is 1. The molecule has 26 heavy (non-hydrogen) atoms. The molecule has 140 valence electrons. The zero-order chi connectivity index (χ0) is 19.0. The maximum absolute atomic E-state index is 13.6. The molecule has 6 heteroatoms. The molecule has 1 aliphatic rings. The highest BCUT2D eigenvalue weighted by Gasteiger charge is 2.26. The number of para-hydroxylation sites is 1. The highest BCUT2D eigenvalue weighted by molar-refractivity contribution is 7.18. The third kappa shape index (κ3) is 6.06. The number of carbonyl (C=O) groups excluding carboxylic acids is 1. The first kappa shape index (κ1) is 20.3. The maximum atomic E-state index is 13.6. The van der Waals surface area contributed by atoms with E-state index in [9.17, 15) is 13.6 Å². The Kier molecular flexibility index (Phi) is 7.52. The fourth-order valence-electron chi connectivity index (χ4n) is 2.49. The molecule has 3 nitrogen and oxygen atoms in total. The second-order valence-electron chi connectivity index (χ2n) is 6.03. The van der Waals surface area contributed by atoms with Gasteiger partial charge in [-0.2, -0.15) is 8.78 Å². The van der Waals surface area contributed by atoms with Gasteiger partial charge >= 0.3 is 5.97 Å². The SMILES string of the molecule is CCCCCOC(=O)c1ccccc1NC1=CC(C(F)(F)P)=CCC=C1. The summed E-state index contributed by atoms with van der Waals surface area (Å²) < 4.78 is 32.6. The molecule has 1 aliphatic carbocycles. The zero-order valence-corrected chi connectivity index (χ0v) is 16.0. The van der Waals surface area contributed by atoms with Crippen LogP contribution in [-0.2, 0) is 4.74 Å². The van der Waals surface area contributed by atoms with Crippen LogP contribution in [-0.4, -0.2) is 18.2 Å². The zero-order valence-electron chi connectivity index (χ0n) is 14.8. The molecule has 0 fully saturated rings. The van der Waals surface area contributed by atoms with Gasteiger partial charge in [0.25, 0.3) is 5.66 Å². The molecule has 1 aromatic rings.